The van der Waals surface area contributed by atoms with Crippen LogP contribution >= 0.6 is 0 Å². The molecule has 2 heterocycles. The molecule has 2 saturated heterocycles. The third-order valence-corrected chi connectivity index (χ3v) is 5.38. The molecule has 1 aromatic rings. The molecule has 5 unspecified atom stereocenters. The molecule has 19 heavy (non-hydrogen) atoms. The molecule has 1 aliphatic carbocycles. The highest BCUT2D eigenvalue weighted by Gasteiger charge is 2.45. The monoisotopic (exact) mass is 258 g/mol. The van der Waals surface area contributed by atoms with Gasteiger partial charge >= 0.3 is 0 Å². The summed E-state index contributed by atoms with van der Waals surface area (Å²) in [6, 6.07) is 9.22. The van der Waals surface area contributed by atoms with E-state index in [-0.39, 0.29) is 0 Å². The van der Waals surface area contributed by atoms with Gasteiger partial charge in [-0.05, 0) is 49.1 Å². The van der Waals surface area contributed by atoms with Crippen LogP contribution in [0.25, 0.3) is 0 Å². The number of nitrogens with one attached hydrogen (secondary N) is 1. The normalized spacial score (nSPS) is 36.9. The molecule has 0 saturated carbocycles. The van der Waals surface area contributed by atoms with E-state index in [1.807, 2.05) is 0 Å². The Morgan fingerprint density at radius 3 is 2.89 bits per heavy atom. The molecular formula is C16H22N2O. The maximum absolute atomic E-state index is 5.97. The van der Waals surface area contributed by atoms with Crippen molar-refractivity contribution in [1.82, 2.24) is 5.43 Å². The summed E-state index contributed by atoms with van der Waals surface area (Å²) in [5.74, 6) is 7.14. The fourth-order valence-corrected chi connectivity index (χ4v) is 4.35. The van der Waals surface area contributed by atoms with Crippen molar-refractivity contribution in [1.29, 1.82) is 0 Å². The first kappa shape index (κ1) is 11.9. The smallest absolute Gasteiger partial charge is 0.0624 e. The van der Waals surface area contributed by atoms with Crippen molar-refractivity contribution in [2.45, 2.75) is 56.3 Å². The maximum Gasteiger partial charge on any atom is 0.0624 e. The van der Waals surface area contributed by atoms with Crippen molar-refractivity contribution in [3.63, 3.8) is 0 Å². The second-order valence-electron chi connectivity index (χ2n) is 6.38. The Bertz CT molecular complexity index is 476. The predicted octanol–water partition coefficient (Wildman–Crippen LogP) is 2.12. The summed E-state index contributed by atoms with van der Waals surface area (Å²) in [4.78, 5) is 0. The molecule has 2 fully saturated rings. The zero-order valence-electron chi connectivity index (χ0n) is 11.2. The van der Waals surface area contributed by atoms with Crippen molar-refractivity contribution >= 4 is 0 Å². The highest BCUT2D eigenvalue weighted by Crippen LogP contribution is 2.44. The van der Waals surface area contributed by atoms with Gasteiger partial charge in [0.25, 0.3) is 0 Å². The second-order valence-corrected chi connectivity index (χ2v) is 6.38. The summed E-state index contributed by atoms with van der Waals surface area (Å²) in [6.45, 7) is 0. The Kier molecular flexibility index (Phi) is 2.87. The van der Waals surface area contributed by atoms with Gasteiger partial charge in [-0.25, -0.2) is 0 Å². The standard InChI is InChI=1S/C16H22N2O/c17-18-15(14-9-12-5-6-16(14)19-12)8-11-7-10-3-1-2-4-13(10)11/h1-4,11-12,14-16,18H,5-9,17H2. The molecule has 2 aliphatic heterocycles. The van der Waals surface area contributed by atoms with Gasteiger partial charge in [-0.15, -0.1) is 0 Å². The minimum Gasteiger partial charge on any atom is -0.375 e. The van der Waals surface area contributed by atoms with E-state index in [9.17, 15) is 0 Å². The van der Waals surface area contributed by atoms with Crippen molar-refractivity contribution in [3.8, 4) is 0 Å². The van der Waals surface area contributed by atoms with Crippen molar-refractivity contribution in [2.24, 2.45) is 11.8 Å². The molecule has 1 aromatic carbocycles. The third-order valence-electron chi connectivity index (χ3n) is 5.38. The molecule has 2 bridgehead atoms. The van der Waals surface area contributed by atoms with E-state index in [1.165, 1.54) is 36.8 Å². The highest BCUT2D eigenvalue weighted by molar-refractivity contribution is 5.40. The number of hydrogen-bond acceptors (Lipinski definition) is 3. The molecule has 0 radical (unpaired) electrons. The molecule has 0 amide bonds. The van der Waals surface area contributed by atoms with Crippen LogP contribution < -0.4 is 11.3 Å². The fraction of sp³-hybridized carbons (Fsp3) is 0.625. The van der Waals surface area contributed by atoms with Gasteiger partial charge in [0, 0.05) is 12.0 Å². The lowest BCUT2D eigenvalue weighted by molar-refractivity contribution is 0.0840. The summed E-state index contributed by atoms with van der Waals surface area (Å²) in [5, 5.41) is 0. The van der Waals surface area contributed by atoms with Gasteiger partial charge in [-0.1, -0.05) is 24.3 Å². The van der Waals surface area contributed by atoms with E-state index in [2.05, 4.69) is 29.7 Å². The minimum atomic E-state index is 0.411. The summed E-state index contributed by atoms with van der Waals surface area (Å²) in [6.07, 6.45) is 7.04. The number of ether oxygens (including phenoxy) is 1. The van der Waals surface area contributed by atoms with Gasteiger partial charge in [-0.3, -0.25) is 11.3 Å². The van der Waals surface area contributed by atoms with Gasteiger partial charge in [0.15, 0.2) is 0 Å². The van der Waals surface area contributed by atoms with Crippen molar-refractivity contribution < 1.29 is 4.74 Å². The van der Waals surface area contributed by atoms with Crippen molar-refractivity contribution in [2.75, 3.05) is 0 Å². The fourth-order valence-electron chi connectivity index (χ4n) is 4.35. The Morgan fingerprint density at radius 1 is 1.32 bits per heavy atom. The van der Waals surface area contributed by atoms with Crippen molar-refractivity contribution in [3.05, 3.63) is 35.4 Å². The maximum atomic E-state index is 5.97. The molecule has 4 rings (SSSR count). The van der Waals surface area contributed by atoms with E-state index in [0.717, 1.165) is 6.42 Å². The second kappa shape index (κ2) is 4.58. The molecule has 102 valence electrons. The number of nitrogens with two attached hydrogens (primary N) is 1. The van der Waals surface area contributed by atoms with E-state index < -0.39 is 0 Å². The summed E-state index contributed by atoms with van der Waals surface area (Å²) in [7, 11) is 0. The van der Waals surface area contributed by atoms with Crippen LogP contribution in [0.15, 0.2) is 24.3 Å². The number of rotatable bonds is 4. The molecular weight excluding hydrogens is 236 g/mol. The molecule has 0 spiro atoms. The molecule has 5 atom stereocenters. The molecule has 0 aromatic heterocycles. The lowest BCUT2D eigenvalue weighted by atomic mass is 9.71. The number of hydrogen-bond donors (Lipinski definition) is 2. The largest absolute Gasteiger partial charge is 0.375 e. The first-order chi connectivity index (χ1) is 9.35. The lowest BCUT2D eigenvalue weighted by Gasteiger charge is -2.36. The Hall–Kier alpha value is -0.900. The Labute approximate surface area is 114 Å². The number of fused-ring (bicyclic) bond motifs is 3. The van der Waals surface area contributed by atoms with E-state index >= 15 is 0 Å². The zero-order valence-corrected chi connectivity index (χ0v) is 11.2. The van der Waals surface area contributed by atoms with Crippen LogP contribution in [0.2, 0.25) is 0 Å². The molecule has 3 N–H and O–H groups in total. The topological polar surface area (TPSA) is 47.3 Å². The van der Waals surface area contributed by atoms with E-state index in [4.69, 9.17) is 10.6 Å². The SMILES string of the molecule is NNC(CC1Cc2ccccc21)C1CC2CCC1O2. The minimum absolute atomic E-state index is 0.411. The van der Waals surface area contributed by atoms with Gasteiger partial charge < -0.3 is 4.74 Å². The van der Waals surface area contributed by atoms with Gasteiger partial charge in [0.2, 0.25) is 0 Å². The van der Waals surface area contributed by atoms with E-state index in [0.29, 0.717) is 30.1 Å². The van der Waals surface area contributed by atoms with Crippen LogP contribution in [0.4, 0.5) is 0 Å². The predicted molar refractivity (Wildman–Crippen MR) is 74.6 cm³/mol. The first-order valence-corrected chi connectivity index (χ1v) is 7.54. The van der Waals surface area contributed by atoms with Crippen LogP contribution in [-0.2, 0) is 11.2 Å². The summed E-state index contributed by atoms with van der Waals surface area (Å²) in [5.41, 5.74) is 6.13. The van der Waals surface area contributed by atoms with Gasteiger partial charge in [-0.2, -0.15) is 0 Å². The summed E-state index contributed by atoms with van der Waals surface area (Å²) >= 11 is 0. The summed E-state index contributed by atoms with van der Waals surface area (Å²) < 4.78 is 5.97. The molecule has 3 heteroatoms. The average molecular weight is 258 g/mol. The number of hydrazine groups is 1. The number of benzene rings is 1. The Balaban J connectivity index is 1.44. The van der Waals surface area contributed by atoms with E-state index in [1.54, 1.807) is 0 Å². The van der Waals surface area contributed by atoms with Crippen LogP contribution in [0.1, 0.15) is 42.7 Å². The van der Waals surface area contributed by atoms with Crippen LogP contribution in [0.5, 0.6) is 0 Å². The molecule has 3 aliphatic rings. The van der Waals surface area contributed by atoms with Gasteiger partial charge in [0.05, 0.1) is 12.2 Å². The first-order valence-electron chi connectivity index (χ1n) is 7.54. The highest BCUT2D eigenvalue weighted by atomic mass is 16.5. The third kappa shape index (κ3) is 1.92. The quantitative estimate of drug-likeness (QED) is 0.642. The van der Waals surface area contributed by atoms with Crippen LogP contribution in [-0.4, -0.2) is 18.2 Å². The Morgan fingerprint density at radius 2 is 2.21 bits per heavy atom. The average Bonchev–Trinajstić information content (AvgIpc) is 3.03. The van der Waals surface area contributed by atoms with Crippen LogP contribution in [0.3, 0.4) is 0 Å². The molecule has 3 nitrogen and oxygen atoms in total. The zero-order chi connectivity index (χ0) is 12.8. The van der Waals surface area contributed by atoms with Crippen LogP contribution in [0, 0.1) is 5.92 Å². The lowest BCUT2D eigenvalue weighted by Crippen LogP contribution is -2.46. The van der Waals surface area contributed by atoms with Gasteiger partial charge in [0.1, 0.15) is 0 Å².